The molecular weight excluding hydrogens is 390 g/mol. The van der Waals surface area contributed by atoms with Crippen molar-refractivity contribution in [1.29, 1.82) is 0 Å². The van der Waals surface area contributed by atoms with Crippen LogP contribution < -0.4 is 4.72 Å². The van der Waals surface area contributed by atoms with E-state index < -0.39 is 15.6 Å². The average Bonchev–Trinajstić information content (AvgIpc) is 2.69. The van der Waals surface area contributed by atoms with Gasteiger partial charge in [0.05, 0.1) is 24.7 Å². The molecule has 0 saturated heterocycles. The number of hydrogen-bond donors (Lipinski definition) is 1. The standard InChI is InChI=1S/C22H39NO5S/c1-5-8-15-27-18-22(17-26-14-7-3,19-28-16-9-6-2)23-29(24,25)21-12-10-20(4)11-13-21/h10-13,23H,5-9,14-19H2,1-4H3. The van der Waals surface area contributed by atoms with Crippen LogP contribution >= 0.6 is 0 Å². The summed E-state index contributed by atoms with van der Waals surface area (Å²) in [6.07, 6.45) is 4.73. The molecule has 0 aliphatic rings. The highest BCUT2D eigenvalue weighted by Crippen LogP contribution is 2.17. The Labute approximate surface area is 177 Å². The van der Waals surface area contributed by atoms with Crippen LogP contribution in [0.1, 0.15) is 58.4 Å². The highest BCUT2D eigenvalue weighted by Gasteiger charge is 2.37. The van der Waals surface area contributed by atoms with Gasteiger partial charge in [0.15, 0.2) is 0 Å². The van der Waals surface area contributed by atoms with E-state index in [1.54, 1.807) is 24.3 Å². The fourth-order valence-corrected chi connectivity index (χ4v) is 4.07. The Morgan fingerprint density at radius 3 is 1.72 bits per heavy atom. The number of aryl methyl sites for hydroxylation is 1. The summed E-state index contributed by atoms with van der Waals surface area (Å²) in [5, 5.41) is 0. The monoisotopic (exact) mass is 429 g/mol. The zero-order chi connectivity index (χ0) is 21.6. The number of unbranched alkanes of at least 4 members (excludes halogenated alkanes) is 2. The minimum atomic E-state index is -3.75. The predicted molar refractivity (Wildman–Crippen MR) is 117 cm³/mol. The summed E-state index contributed by atoms with van der Waals surface area (Å²) >= 11 is 0. The van der Waals surface area contributed by atoms with Crippen molar-refractivity contribution in [1.82, 2.24) is 4.72 Å². The molecule has 0 aliphatic carbocycles. The first-order valence-corrected chi connectivity index (χ1v) is 12.2. The van der Waals surface area contributed by atoms with Crippen molar-refractivity contribution in [2.24, 2.45) is 0 Å². The van der Waals surface area contributed by atoms with Crippen LogP contribution in [0.2, 0.25) is 0 Å². The highest BCUT2D eigenvalue weighted by molar-refractivity contribution is 7.89. The van der Waals surface area contributed by atoms with Crippen LogP contribution in [0, 0.1) is 6.92 Å². The van der Waals surface area contributed by atoms with Crippen molar-refractivity contribution < 1.29 is 22.6 Å². The molecule has 0 fully saturated rings. The van der Waals surface area contributed by atoms with Crippen molar-refractivity contribution in [3.05, 3.63) is 29.8 Å². The van der Waals surface area contributed by atoms with Crippen molar-refractivity contribution in [2.75, 3.05) is 39.6 Å². The van der Waals surface area contributed by atoms with Gasteiger partial charge in [-0.1, -0.05) is 51.3 Å². The lowest BCUT2D eigenvalue weighted by Crippen LogP contribution is -2.58. The maximum Gasteiger partial charge on any atom is 0.241 e. The summed E-state index contributed by atoms with van der Waals surface area (Å²) in [6, 6.07) is 6.81. The molecule has 0 unspecified atom stereocenters. The third kappa shape index (κ3) is 10.0. The number of ether oxygens (including phenoxy) is 3. The van der Waals surface area contributed by atoms with E-state index in [4.69, 9.17) is 14.2 Å². The fourth-order valence-electron chi connectivity index (χ4n) is 2.71. The van der Waals surface area contributed by atoms with E-state index in [2.05, 4.69) is 18.6 Å². The Balaban J connectivity index is 3.04. The zero-order valence-electron chi connectivity index (χ0n) is 18.5. The number of hydrogen-bond acceptors (Lipinski definition) is 5. The van der Waals surface area contributed by atoms with E-state index in [0.717, 1.165) is 37.7 Å². The number of sulfonamides is 1. The SMILES string of the molecule is CCCCOCC(COCCC)(COCCCC)NS(=O)(=O)c1ccc(C)cc1. The summed E-state index contributed by atoms with van der Waals surface area (Å²) in [6.45, 7) is 10.4. The molecule has 1 rings (SSSR count). The van der Waals surface area contributed by atoms with Crippen molar-refractivity contribution in [3.63, 3.8) is 0 Å². The van der Waals surface area contributed by atoms with Gasteiger partial charge in [0.2, 0.25) is 10.0 Å². The van der Waals surface area contributed by atoms with E-state index in [-0.39, 0.29) is 24.7 Å². The minimum Gasteiger partial charge on any atom is -0.379 e. The fraction of sp³-hybridized carbons (Fsp3) is 0.727. The minimum absolute atomic E-state index is 0.199. The molecule has 0 spiro atoms. The van der Waals surface area contributed by atoms with Gasteiger partial charge in [0.1, 0.15) is 5.54 Å². The van der Waals surface area contributed by atoms with E-state index in [1.807, 2.05) is 13.8 Å². The molecule has 0 aliphatic heterocycles. The summed E-state index contributed by atoms with van der Waals surface area (Å²) in [5.41, 5.74) is 0.0349. The molecule has 7 heteroatoms. The summed E-state index contributed by atoms with van der Waals surface area (Å²) in [7, 11) is -3.75. The second-order valence-corrected chi connectivity index (χ2v) is 9.25. The summed E-state index contributed by atoms with van der Waals surface area (Å²) in [4.78, 5) is 0.227. The summed E-state index contributed by atoms with van der Waals surface area (Å²) in [5.74, 6) is 0. The van der Waals surface area contributed by atoms with Gasteiger partial charge in [-0.05, 0) is 38.3 Å². The molecule has 1 aromatic carbocycles. The van der Waals surface area contributed by atoms with Gasteiger partial charge in [0, 0.05) is 19.8 Å². The normalized spacial score (nSPS) is 12.4. The molecule has 1 aromatic rings. The summed E-state index contributed by atoms with van der Waals surface area (Å²) < 4.78 is 46.5. The van der Waals surface area contributed by atoms with E-state index in [9.17, 15) is 8.42 Å². The van der Waals surface area contributed by atoms with Crippen molar-refractivity contribution >= 4 is 10.0 Å². The Kier molecular flexibility index (Phi) is 12.7. The lowest BCUT2D eigenvalue weighted by molar-refractivity contribution is -0.0309. The molecule has 0 atom stereocenters. The molecule has 0 radical (unpaired) electrons. The van der Waals surface area contributed by atoms with E-state index >= 15 is 0 Å². The molecule has 0 bridgehead atoms. The average molecular weight is 430 g/mol. The van der Waals surface area contributed by atoms with E-state index in [1.165, 1.54) is 0 Å². The molecule has 168 valence electrons. The molecule has 0 amide bonds. The number of rotatable bonds is 17. The van der Waals surface area contributed by atoms with Crippen LogP contribution in [0.5, 0.6) is 0 Å². The molecular formula is C22H39NO5S. The largest absolute Gasteiger partial charge is 0.379 e. The highest BCUT2D eigenvalue weighted by atomic mass is 32.2. The Bertz CT molecular complexity index is 634. The van der Waals surface area contributed by atoms with Crippen LogP contribution in [-0.4, -0.2) is 53.6 Å². The lowest BCUT2D eigenvalue weighted by atomic mass is 10.1. The molecule has 0 aromatic heterocycles. The third-order valence-corrected chi connectivity index (χ3v) is 6.04. The third-order valence-electron chi connectivity index (χ3n) is 4.45. The second-order valence-electron chi connectivity index (χ2n) is 7.56. The Morgan fingerprint density at radius 2 is 1.28 bits per heavy atom. The Morgan fingerprint density at radius 1 is 0.793 bits per heavy atom. The van der Waals surface area contributed by atoms with Gasteiger partial charge in [-0.3, -0.25) is 0 Å². The zero-order valence-corrected chi connectivity index (χ0v) is 19.4. The van der Waals surface area contributed by atoms with Crippen LogP contribution in [0.4, 0.5) is 0 Å². The van der Waals surface area contributed by atoms with E-state index in [0.29, 0.717) is 19.8 Å². The maximum atomic E-state index is 13.1. The molecule has 0 heterocycles. The van der Waals surface area contributed by atoms with Gasteiger partial charge in [-0.15, -0.1) is 0 Å². The first-order chi connectivity index (χ1) is 13.9. The van der Waals surface area contributed by atoms with Crippen LogP contribution in [0.3, 0.4) is 0 Å². The Hall–Kier alpha value is -0.990. The lowest BCUT2D eigenvalue weighted by Gasteiger charge is -2.34. The molecule has 0 saturated carbocycles. The quantitative estimate of drug-likeness (QED) is 0.378. The first kappa shape index (κ1) is 26.0. The van der Waals surface area contributed by atoms with Gasteiger partial charge in [-0.25, -0.2) is 8.42 Å². The maximum absolute atomic E-state index is 13.1. The first-order valence-electron chi connectivity index (χ1n) is 10.7. The molecule has 29 heavy (non-hydrogen) atoms. The topological polar surface area (TPSA) is 73.9 Å². The van der Waals surface area contributed by atoms with Gasteiger partial charge in [0.25, 0.3) is 0 Å². The van der Waals surface area contributed by atoms with Gasteiger partial charge in [-0.2, -0.15) is 4.72 Å². The predicted octanol–water partition coefficient (Wildman–Crippen LogP) is 4.07. The van der Waals surface area contributed by atoms with Crippen molar-refractivity contribution in [2.45, 2.75) is 70.2 Å². The molecule has 6 nitrogen and oxygen atoms in total. The second kappa shape index (κ2) is 14.1. The van der Waals surface area contributed by atoms with Crippen LogP contribution in [0.25, 0.3) is 0 Å². The van der Waals surface area contributed by atoms with Gasteiger partial charge < -0.3 is 14.2 Å². The number of benzene rings is 1. The van der Waals surface area contributed by atoms with Crippen molar-refractivity contribution in [3.8, 4) is 0 Å². The molecule has 1 N–H and O–H groups in total. The number of nitrogens with one attached hydrogen (secondary N) is 1. The van der Waals surface area contributed by atoms with Gasteiger partial charge >= 0.3 is 0 Å². The van der Waals surface area contributed by atoms with Crippen LogP contribution in [-0.2, 0) is 24.2 Å². The van der Waals surface area contributed by atoms with Crippen LogP contribution in [0.15, 0.2) is 29.2 Å². The smallest absolute Gasteiger partial charge is 0.241 e.